The van der Waals surface area contributed by atoms with E-state index in [1.165, 1.54) is 5.56 Å². The number of hydrogen-bond acceptors (Lipinski definition) is 5. The molecule has 1 heterocycles. The van der Waals surface area contributed by atoms with Crippen LogP contribution in [0, 0.1) is 0 Å². The molecule has 0 radical (unpaired) electrons. The minimum absolute atomic E-state index is 0. The molecule has 1 fully saturated rings. The molecule has 1 aromatic carbocycles. The van der Waals surface area contributed by atoms with Crippen molar-refractivity contribution in [2.75, 3.05) is 54.0 Å². The van der Waals surface area contributed by atoms with Crippen LogP contribution >= 0.6 is 24.0 Å². The van der Waals surface area contributed by atoms with Gasteiger partial charge in [-0.3, -0.25) is 9.89 Å². The highest BCUT2D eigenvalue weighted by Crippen LogP contribution is 2.24. The Kier molecular flexibility index (Phi) is 12.4. The Labute approximate surface area is 199 Å². The maximum absolute atomic E-state index is 5.39. The fourth-order valence-corrected chi connectivity index (χ4v) is 3.40. The summed E-state index contributed by atoms with van der Waals surface area (Å²) in [5.74, 6) is 2.59. The van der Waals surface area contributed by atoms with Crippen LogP contribution in [-0.4, -0.2) is 81.8 Å². The molecule has 1 unspecified atom stereocenters. The van der Waals surface area contributed by atoms with Crippen LogP contribution in [0.3, 0.4) is 0 Å². The third-order valence-corrected chi connectivity index (χ3v) is 5.38. The van der Waals surface area contributed by atoms with Crippen LogP contribution in [0.1, 0.15) is 32.8 Å². The van der Waals surface area contributed by atoms with E-state index in [2.05, 4.69) is 60.4 Å². The lowest BCUT2D eigenvalue weighted by atomic mass is 10.2. The van der Waals surface area contributed by atoms with Crippen molar-refractivity contribution in [3.8, 4) is 11.5 Å². The third-order valence-electron chi connectivity index (χ3n) is 5.38. The highest BCUT2D eigenvalue weighted by molar-refractivity contribution is 14.0. The summed E-state index contributed by atoms with van der Waals surface area (Å²) in [5.41, 5.74) is 1.21. The molecule has 2 N–H and O–H groups in total. The van der Waals surface area contributed by atoms with E-state index < -0.39 is 0 Å². The Morgan fingerprint density at radius 3 is 2.47 bits per heavy atom. The number of likely N-dealkylation sites (N-methyl/N-ethyl adjacent to an activating group) is 1. The van der Waals surface area contributed by atoms with Gasteiger partial charge in [0.25, 0.3) is 0 Å². The predicted octanol–water partition coefficient (Wildman–Crippen LogP) is 2.79. The van der Waals surface area contributed by atoms with E-state index in [0.29, 0.717) is 12.1 Å². The number of ether oxygens (including phenoxy) is 2. The number of likely N-dealkylation sites (tertiary alicyclic amines) is 1. The minimum atomic E-state index is 0. The van der Waals surface area contributed by atoms with Crippen molar-refractivity contribution >= 4 is 29.9 Å². The number of halogens is 1. The smallest absolute Gasteiger partial charge is 0.191 e. The normalized spacial score (nSPS) is 17.2. The van der Waals surface area contributed by atoms with Crippen LogP contribution in [0.2, 0.25) is 0 Å². The van der Waals surface area contributed by atoms with Crippen molar-refractivity contribution in [1.29, 1.82) is 0 Å². The molecule has 1 saturated heterocycles. The number of guanidine groups is 1. The van der Waals surface area contributed by atoms with Crippen LogP contribution in [-0.2, 0) is 6.54 Å². The highest BCUT2D eigenvalue weighted by Gasteiger charge is 2.23. The number of nitrogens with zero attached hydrogens (tertiary/aromatic N) is 3. The first-order chi connectivity index (χ1) is 13.9. The summed E-state index contributed by atoms with van der Waals surface area (Å²) in [5, 5.41) is 6.99. The number of methoxy groups -OCH3 is 2. The van der Waals surface area contributed by atoms with Crippen LogP contribution in [0.25, 0.3) is 0 Å². The van der Waals surface area contributed by atoms with Gasteiger partial charge < -0.3 is 25.0 Å². The second kappa shape index (κ2) is 13.9. The van der Waals surface area contributed by atoms with Gasteiger partial charge >= 0.3 is 0 Å². The first-order valence-electron chi connectivity index (χ1n) is 10.6. The van der Waals surface area contributed by atoms with E-state index >= 15 is 0 Å². The molecule has 0 aromatic heterocycles. The molecule has 0 bridgehead atoms. The summed E-state index contributed by atoms with van der Waals surface area (Å²) in [6.45, 7) is 12.1. The van der Waals surface area contributed by atoms with Gasteiger partial charge in [0.15, 0.2) is 5.96 Å². The quantitative estimate of drug-likeness (QED) is 0.274. The number of aliphatic imine (C=N–C) groups is 1. The van der Waals surface area contributed by atoms with Gasteiger partial charge in [-0.2, -0.15) is 0 Å². The van der Waals surface area contributed by atoms with E-state index in [0.717, 1.165) is 63.1 Å². The number of hydrogen-bond donors (Lipinski definition) is 2. The van der Waals surface area contributed by atoms with Crippen molar-refractivity contribution in [1.82, 2.24) is 20.4 Å². The Hall–Kier alpha value is -1.26. The molecule has 172 valence electrons. The molecule has 0 amide bonds. The van der Waals surface area contributed by atoms with E-state index in [1.54, 1.807) is 14.2 Å². The third kappa shape index (κ3) is 8.85. The molecule has 8 heteroatoms. The average molecular weight is 533 g/mol. The zero-order chi connectivity index (χ0) is 21.2. The zero-order valence-corrected chi connectivity index (χ0v) is 21.7. The Morgan fingerprint density at radius 1 is 1.23 bits per heavy atom. The molecule has 0 aliphatic carbocycles. The number of benzene rings is 1. The lowest BCUT2D eigenvalue weighted by Crippen LogP contribution is -2.45. The van der Waals surface area contributed by atoms with Crippen molar-refractivity contribution < 1.29 is 9.47 Å². The minimum Gasteiger partial charge on any atom is -0.497 e. The van der Waals surface area contributed by atoms with Crippen molar-refractivity contribution in [2.45, 2.75) is 45.8 Å². The Bertz CT molecular complexity index is 634. The first-order valence-corrected chi connectivity index (χ1v) is 10.6. The van der Waals surface area contributed by atoms with Gasteiger partial charge in [-0.15, -0.1) is 24.0 Å². The number of rotatable bonds is 10. The van der Waals surface area contributed by atoms with E-state index in [-0.39, 0.29) is 24.0 Å². The van der Waals surface area contributed by atoms with Crippen LogP contribution in [0.15, 0.2) is 23.2 Å². The summed E-state index contributed by atoms with van der Waals surface area (Å²) < 4.78 is 10.8. The average Bonchev–Trinajstić information content (AvgIpc) is 3.14. The van der Waals surface area contributed by atoms with Crippen molar-refractivity contribution in [2.24, 2.45) is 4.99 Å². The molecule has 0 saturated carbocycles. The first kappa shape index (κ1) is 26.8. The summed E-state index contributed by atoms with van der Waals surface area (Å²) in [4.78, 5) is 9.53. The molecular formula is C22H40IN5O2. The van der Waals surface area contributed by atoms with Gasteiger partial charge in [0.1, 0.15) is 11.5 Å². The van der Waals surface area contributed by atoms with E-state index in [9.17, 15) is 0 Å². The number of nitrogens with one attached hydrogen (secondary N) is 2. The van der Waals surface area contributed by atoms with Gasteiger partial charge in [-0.25, -0.2) is 0 Å². The monoisotopic (exact) mass is 533 g/mol. The predicted molar refractivity (Wildman–Crippen MR) is 136 cm³/mol. The molecule has 1 aliphatic rings. The zero-order valence-electron chi connectivity index (χ0n) is 19.4. The SMILES string of the molecule is CCNC(=NCCN(C)C(C)C)NC1CCN(Cc2cc(OC)cc(OC)c2)C1.I. The molecule has 2 rings (SSSR count). The van der Waals surface area contributed by atoms with Crippen LogP contribution in [0.5, 0.6) is 11.5 Å². The molecule has 1 aromatic rings. The lowest BCUT2D eigenvalue weighted by molar-refractivity contribution is 0.282. The fourth-order valence-electron chi connectivity index (χ4n) is 3.40. The van der Waals surface area contributed by atoms with Crippen LogP contribution in [0.4, 0.5) is 0 Å². The summed E-state index contributed by atoms with van der Waals surface area (Å²) >= 11 is 0. The van der Waals surface area contributed by atoms with Crippen molar-refractivity contribution in [3.05, 3.63) is 23.8 Å². The second-order valence-corrected chi connectivity index (χ2v) is 7.92. The fraction of sp³-hybridized carbons (Fsp3) is 0.682. The molecule has 7 nitrogen and oxygen atoms in total. The topological polar surface area (TPSA) is 61.4 Å². The van der Waals surface area contributed by atoms with Crippen LogP contribution < -0.4 is 20.1 Å². The molecular weight excluding hydrogens is 493 g/mol. The summed E-state index contributed by atoms with van der Waals surface area (Å²) in [6, 6.07) is 7.02. The molecule has 0 spiro atoms. The maximum atomic E-state index is 5.39. The largest absolute Gasteiger partial charge is 0.497 e. The Morgan fingerprint density at radius 2 is 1.90 bits per heavy atom. The van der Waals surface area contributed by atoms with Crippen molar-refractivity contribution in [3.63, 3.8) is 0 Å². The van der Waals surface area contributed by atoms with E-state index in [1.807, 2.05) is 6.07 Å². The maximum Gasteiger partial charge on any atom is 0.191 e. The standard InChI is InChI=1S/C22H39N5O2.HI/c1-7-23-22(24-9-11-26(4)17(2)3)25-19-8-10-27(16-19)15-18-12-20(28-5)14-21(13-18)29-6;/h12-14,17,19H,7-11,15-16H2,1-6H3,(H2,23,24,25);1H. The van der Waals surface area contributed by atoms with E-state index in [4.69, 9.17) is 14.5 Å². The second-order valence-electron chi connectivity index (χ2n) is 7.92. The molecule has 1 atom stereocenters. The summed E-state index contributed by atoms with van der Waals surface area (Å²) in [6.07, 6.45) is 1.11. The summed E-state index contributed by atoms with van der Waals surface area (Å²) in [7, 11) is 5.52. The highest BCUT2D eigenvalue weighted by atomic mass is 127. The Balaban J connectivity index is 0.00000450. The van der Waals surface area contributed by atoms with Gasteiger partial charge in [-0.05, 0) is 51.9 Å². The molecule has 1 aliphatic heterocycles. The molecule has 30 heavy (non-hydrogen) atoms. The van der Waals surface area contributed by atoms with Gasteiger partial charge in [0.2, 0.25) is 0 Å². The van der Waals surface area contributed by atoms with Gasteiger partial charge in [0, 0.05) is 50.9 Å². The lowest BCUT2D eigenvalue weighted by Gasteiger charge is -2.21. The van der Waals surface area contributed by atoms with Gasteiger partial charge in [0.05, 0.1) is 20.8 Å². The van der Waals surface area contributed by atoms with Gasteiger partial charge in [-0.1, -0.05) is 0 Å².